The van der Waals surface area contributed by atoms with E-state index in [9.17, 15) is 4.79 Å². The summed E-state index contributed by atoms with van der Waals surface area (Å²) in [5, 5.41) is 5.96. The van der Waals surface area contributed by atoms with Gasteiger partial charge in [-0.05, 0) is 35.7 Å². The van der Waals surface area contributed by atoms with Crippen LogP contribution >= 0.6 is 0 Å². The number of aromatic nitrogens is 1. The van der Waals surface area contributed by atoms with Crippen molar-refractivity contribution in [3.63, 3.8) is 0 Å². The minimum absolute atomic E-state index is 0.0881. The number of benzene rings is 1. The summed E-state index contributed by atoms with van der Waals surface area (Å²) in [6.45, 7) is 6.48. The maximum absolute atomic E-state index is 12.5. The molecule has 24 heavy (non-hydrogen) atoms. The topological polar surface area (TPSA) is 63.2 Å². The van der Waals surface area contributed by atoms with Gasteiger partial charge in [-0.15, -0.1) is 0 Å². The molecule has 5 nitrogen and oxygen atoms in total. The second kappa shape index (κ2) is 7.45. The van der Waals surface area contributed by atoms with Crippen LogP contribution in [0.15, 0.2) is 42.6 Å². The number of hydrogen-bond acceptors (Lipinski definition) is 4. The summed E-state index contributed by atoms with van der Waals surface area (Å²) in [6, 6.07) is 11.0. The number of likely N-dealkylation sites (N-methyl/N-ethyl adjacent to an activating group) is 1. The third-order valence-electron chi connectivity index (χ3n) is 3.87. The molecule has 128 valence electrons. The molecule has 2 aromatic rings. The zero-order chi connectivity index (χ0) is 17.7. The molecule has 0 aliphatic carbocycles. The average Bonchev–Trinajstić information content (AvgIpc) is 2.56. The van der Waals surface area contributed by atoms with Crippen LogP contribution in [-0.2, 0) is 10.2 Å². The van der Waals surface area contributed by atoms with E-state index in [0.717, 1.165) is 11.3 Å². The first-order valence-electron chi connectivity index (χ1n) is 7.94. The van der Waals surface area contributed by atoms with E-state index in [1.165, 1.54) is 5.56 Å². The van der Waals surface area contributed by atoms with Crippen LogP contribution in [0.3, 0.4) is 0 Å². The average molecular weight is 327 g/mol. The van der Waals surface area contributed by atoms with E-state index in [1.807, 2.05) is 30.3 Å². The van der Waals surface area contributed by atoms with Crippen LogP contribution in [0.1, 0.15) is 37.9 Å². The molecule has 0 aliphatic heterocycles. The highest BCUT2D eigenvalue weighted by Gasteiger charge is 2.20. The van der Waals surface area contributed by atoms with Gasteiger partial charge in [0.25, 0.3) is 0 Å². The lowest BCUT2D eigenvalue weighted by Crippen LogP contribution is -2.30. The summed E-state index contributed by atoms with van der Waals surface area (Å²) in [4.78, 5) is 16.7. The second-order valence-electron chi connectivity index (χ2n) is 6.67. The zero-order valence-corrected chi connectivity index (χ0v) is 14.9. The summed E-state index contributed by atoms with van der Waals surface area (Å²) in [5.41, 5.74) is 2.87. The van der Waals surface area contributed by atoms with E-state index in [0.29, 0.717) is 5.88 Å². The number of carbonyl (C=O) groups excluding carboxylic acids is 1. The van der Waals surface area contributed by atoms with E-state index < -0.39 is 6.04 Å². The Bertz CT molecular complexity index is 673. The molecule has 0 spiro atoms. The maximum Gasteiger partial charge on any atom is 0.246 e. The number of methoxy groups -OCH3 is 1. The first-order chi connectivity index (χ1) is 11.3. The van der Waals surface area contributed by atoms with Crippen molar-refractivity contribution in [1.82, 2.24) is 10.3 Å². The fraction of sp³-hybridized carbons (Fsp3) is 0.368. The number of amides is 1. The molecule has 1 heterocycles. The standard InChI is InChI=1S/C19H25N3O2/c1-19(2,3)14-7-9-15(10-8-14)22-18(23)17(20-4)13-6-11-16(24-5)21-12-13/h6-12,17,20H,1-5H3,(H,22,23)/t17-/m0/s1. The van der Waals surface area contributed by atoms with Gasteiger partial charge in [0.15, 0.2) is 0 Å². The van der Waals surface area contributed by atoms with Crippen molar-refractivity contribution >= 4 is 11.6 Å². The molecule has 1 amide bonds. The van der Waals surface area contributed by atoms with Gasteiger partial charge in [-0.25, -0.2) is 4.98 Å². The molecule has 0 bridgehead atoms. The molecule has 2 N–H and O–H groups in total. The van der Waals surface area contributed by atoms with Crippen LogP contribution in [-0.4, -0.2) is 25.0 Å². The lowest BCUT2D eigenvalue weighted by Gasteiger charge is -2.20. The fourth-order valence-electron chi connectivity index (χ4n) is 2.40. The summed E-state index contributed by atoms with van der Waals surface area (Å²) in [5.74, 6) is 0.389. The third-order valence-corrected chi connectivity index (χ3v) is 3.87. The Morgan fingerprint density at radius 2 is 1.79 bits per heavy atom. The van der Waals surface area contributed by atoms with Crippen LogP contribution in [0.4, 0.5) is 5.69 Å². The predicted molar refractivity (Wildman–Crippen MR) is 96.4 cm³/mol. The number of hydrogen-bond donors (Lipinski definition) is 2. The lowest BCUT2D eigenvalue weighted by molar-refractivity contribution is -0.118. The largest absolute Gasteiger partial charge is 0.481 e. The van der Waals surface area contributed by atoms with Gasteiger partial charge in [-0.3, -0.25) is 4.79 Å². The molecule has 0 fully saturated rings. The van der Waals surface area contributed by atoms with E-state index in [1.54, 1.807) is 26.4 Å². The van der Waals surface area contributed by atoms with E-state index >= 15 is 0 Å². The van der Waals surface area contributed by atoms with Crippen LogP contribution in [0.25, 0.3) is 0 Å². The van der Waals surface area contributed by atoms with Crippen molar-refractivity contribution < 1.29 is 9.53 Å². The highest BCUT2D eigenvalue weighted by atomic mass is 16.5. The third kappa shape index (κ3) is 4.32. The monoisotopic (exact) mass is 327 g/mol. The lowest BCUT2D eigenvalue weighted by atomic mass is 9.87. The summed E-state index contributed by atoms with van der Waals surface area (Å²) >= 11 is 0. The smallest absolute Gasteiger partial charge is 0.246 e. The van der Waals surface area contributed by atoms with Crippen molar-refractivity contribution in [2.24, 2.45) is 0 Å². The van der Waals surface area contributed by atoms with Gasteiger partial charge in [0, 0.05) is 18.0 Å². The van der Waals surface area contributed by atoms with Crippen molar-refractivity contribution in [2.45, 2.75) is 32.2 Å². The van der Waals surface area contributed by atoms with Gasteiger partial charge in [0.1, 0.15) is 6.04 Å². The molecule has 0 unspecified atom stereocenters. The van der Waals surface area contributed by atoms with E-state index in [2.05, 4.69) is 36.4 Å². The van der Waals surface area contributed by atoms with Gasteiger partial charge in [0.2, 0.25) is 11.8 Å². The molecular weight excluding hydrogens is 302 g/mol. The Hall–Kier alpha value is -2.40. The van der Waals surface area contributed by atoms with Crippen molar-refractivity contribution in [2.75, 3.05) is 19.5 Å². The SMILES string of the molecule is CN[C@H](C(=O)Nc1ccc(C(C)(C)C)cc1)c1ccc(OC)nc1. The fourth-order valence-corrected chi connectivity index (χ4v) is 2.40. The Morgan fingerprint density at radius 1 is 1.12 bits per heavy atom. The number of nitrogens with zero attached hydrogens (tertiary/aromatic N) is 1. The number of pyridine rings is 1. The minimum Gasteiger partial charge on any atom is -0.481 e. The Kier molecular flexibility index (Phi) is 5.57. The molecule has 0 radical (unpaired) electrons. The van der Waals surface area contributed by atoms with E-state index in [4.69, 9.17) is 4.74 Å². The predicted octanol–water partition coefficient (Wildman–Crippen LogP) is 3.29. The van der Waals surface area contributed by atoms with Crippen LogP contribution < -0.4 is 15.4 Å². The molecule has 0 saturated carbocycles. The number of nitrogens with one attached hydrogen (secondary N) is 2. The quantitative estimate of drug-likeness (QED) is 0.884. The Labute approximate surface area is 143 Å². The molecule has 1 aromatic heterocycles. The van der Waals surface area contributed by atoms with Crippen molar-refractivity contribution in [3.05, 3.63) is 53.7 Å². The molecular formula is C19H25N3O2. The summed E-state index contributed by atoms with van der Waals surface area (Å²) in [6.07, 6.45) is 1.64. The Balaban J connectivity index is 2.11. The van der Waals surface area contributed by atoms with Crippen LogP contribution in [0, 0.1) is 0 Å². The first kappa shape index (κ1) is 17.9. The zero-order valence-electron chi connectivity index (χ0n) is 14.9. The maximum atomic E-state index is 12.5. The van der Waals surface area contributed by atoms with Gasteiger partial charge < -0.3 is 15.4 Å². The highest BCUT2D eigenvalue weighted by Crippen LogP contribution is 2.24. The molecule has 0 aliphatic rings. The number of anilines is 1. The number of carbonyl (C=O) groups is 1. The number of ether oxygens (including phenoxy) is 1. The van der Waals surface area contributed by atoms with E-state index in [-0.39, 0.29) is 11.3 Å². The Morgan fingerprint density at radius 3 is 2.25 bits per heavy atom. The molecule has 1 atom stereocenters. The van der Waals surface area contributed by atoms with Gasteiger partial charge >= 0.3 is 0 Å². The molecule has 2 rings (SSSR count). The van der Waals surface area contributed by atoms with Crippen LogP contribution in [0.2, 0.25) is 0 Å². The molecule has 1 aromatic carbocycles. The van der Waals surface area contributed by atoms with Crippen molar-refractivity contribution in [1.29, 1.82) is 0 Å². The van der Waals surface area contributed by atoms with Gasteiger partial charge in [-0.2, -0.15) is 0 Å². The number of rotatable bonds is 5. The van der Waals surface area contributed by atoms with Crippen molar-refractivity contribution in [3.8, 4) is 5.88 Å². The minimum atomic E-state index is -0.481. The second-order valence-corrected chi connectivity index (χ2v) is 6.67. The molecule has 5 heteroatoms. The normalized spacial score (nSPS) is 12.5. The van der Waals surface area contributed by atoms with Gasteiger partial charge in [-0.1, -0.05) is 39.0 Å². The summed E-state index contributed by atoms with van der Waals surface area (Å²) < 4.78 is 5.05. The first-order valence-corrected chi connectivity index (χ1v) is 7.94. The van der Waals surface area contributed by atoms with Crippen LogP contribution in [0.5, 0.6) is 5.88 Å². The summed E-state index contributed by atoms with van der Waals surface area (Å²) in [7, 11) is 3.31. The highest BCUT2D eigenvalue weighted by molar-refractivity contribution is 5.95. The van der Waals surface area contributed by atoms with Gasteiger partial charge in [0.05, 0.1) is 7.11 Å². The molecule has 0 saturated heterocycles.